The molecule has 2 heterocycles. The lowest BCUT2D eigenvalue weighted by Crippen LogP contribution is -2.37. The van der Waals surface area contributed by atoms with Crippen molar-refractivity contribution < 1.29 is 0 Å². The molecule has 1 unspecified atom stereocenters. The Labute approximate surface area is 119 Å². The summed E-state index contributed by atoms with van der Waals surface area (Å²) in [5.41, 5.74) is 2.34. The predicted molar refractivity (Wildman–Crippen MR) is 82.1 cm³/mol. The second-order valence-electron chi connectivity index (χ2n) is 5.43. The van der Waals surface area contributed by atoms with Crippen molar-refractivity contribution in [3.8, 4) is 0 Å². The molecule has 0 radical (unpaired) electrons. The number of benzene rings is 1. The molecule has 2 aromatic rings. The highest BCUT2D eigenvalue weighted by atomic mass is 35.5. The first-order valence-electron chi connectivity index (χ1n) is 6.95. The molecule has 0 spiro atoms. The van der Waals surface area contributed by atoms with E-state index in [0.29, 0.717) is 5.92 Å². The summed E-state index contributed by atoms with van der Waals surface area (Å²) in [4.78, 5) is 7.25. The van der Waals surface area contributed by atoms with Gasteiger partial charge in [0.1, 0.15) is 5.82 Å². The van der Waals surface area contributed by atoms with Crippen molar-refractivity contribution in [3.63, 3.8) is 0 Å². The summed E-state index contributed by atoms with van der Waals surface area (Å²) in [6.45, 7) is 4.29. The zero-order chi connectivity index (χ0) is 13.2. The van der Waals surface area contributed by atoms with Crippen molar-refractivity contribution in [1.82, 2.24) is 4.98 Å². The van der Waals surface area contributed by atoms with E-state index in [-0.39, 0.29) is 0 Å². The van der Waals surface area contributed by atoms with Crippen LogP contribution in [-0.4, -0.2) is 24.0 Å². The number of piperidine rings is 1. The van der Waals surface area contributed by atoms with Crippen molar-refractivity contribution >= 4 is 28.3 Å². The van der Waals surface area contributed by atoms with Gasteiger partial charge in [0.15, 0.2) is 0 Å². The highest BCUT2D eigenvalue weighted by molar-refractivity contribution is 6.18. The Morgan fingerprint density at radius 1 is 1.37 bits per heavy atom. The number of anilines is 1. The molecular weight excluding hydrogens is 256 g/mol. The average molecular weight is 275 g/mol. The normalized spacial score (nSPS) is 19.9. The van der Waals surface area contributed by atoms with Crippen LogP contribution < -0.4 is 4.90 Å². The van der Waals surface area contributed by atoms with Crippen molar-refractivity contribution in [3.05, 3.63) is 35.9 Å². The number of aryl methyl sites for hydroxylation is 1. The van der Waals surface area contributed by atoms with Crippen LogP contribution in [0.3, 0.4) is 0 Å². The molecule has 19 heavy (non-hydrogen) atoms. The summed E-state index contributed by atoms with van der Waals surface area (Å²) >= 11 is 6.02. The van der Waals surface area contributed by atoms with Gasteiger partial charge in [-0.1, -0.05) is 18.2 Å². The van der Waals surface area contributed by atoms with E-state index < -0.39 is 0 Å². The van der Waals surface area contributed by atoms with Gasteiger partial charge in [-0.05, 0) is 43.4 Å². The van der Waals surface area contributed by atoms with Crippen LogP contribution in [0.2, 0.25) is 0 Å². The quantitative estimate of drug-likeness (QED) is 0.770. The summed E-state index contributed by atoms with van der Waals surface area (Å²) < 4.78 is 0. The van der Waals surface area contributed by atoms with Crippen LogP contribution in [-0.2, 0) is 0 Å². The summed E-state index contributed by atoms with van der Waals surface area (Å²) in [5.74, 6) is 2.49. The van der Waals surface area contributed by atoms with Gasteiger partial charge in [-0.2, -0.15) is 0 Å². The monoisotopic (exact) mass is 274 g/mol. The summed E-state index contributed by atoms with van der Waals surface area (Å²) in [7, 11) is 0. The third-order valence-corrected chi connectivity index (χ3v) is 4.36. The van der Waals surface area contributed by atoms with Gasteiger partial charge in [-0.3, -0.25) is 0 Å². The van der Waals surface area contributed by atoms with E-state index in [1.165, 1.54) is 23.8 Å². The number of rotatable bonds is 2. The maximum atomic E-state index is 6.02. The van der Waals surface area contributed by atoms with Crippen LogP contribution in [0.15, 0.2) is 30.3 Å². The summed E-state index contributed by atoms with van der Waals surface area (Å²) in [5, 5.41) is 1.22. The Hall–Kier alpha value is -1.28. The van der Waals surface area contributed by atoms with Crippen LogP contribution >= 0.6 is 11.6 Å². The van der Waals surface area contributed by atoms with E-state index >= 15 is 0 Å². The largest absolute Gasteiger partial charge is 0.356 e. The molecular formula is C16H19ClN2. The number of aromatic nitrogens is 1. The minimum atomic E-state index is 0.600. The minimum absolute atomic E-state index is 0.600. The van der Waals surface area contributed by atoms with Crippen LogP contribution in [0.1, 0.15) is 18.4 Å². The van der Waals surface area contributed by atoms with Crippen LogP contribution in [0.25, 0.3) is 10.9 Å². The number of pyridine rings is 1. The Morgan fingerprint density at radius 2 is 2.21 bits per heavy atom. The molecule has 1 aromatic heterocycles. The highest BCUT2D eigenvalue weighted by Crippen LogP contribution is 2.27. The molecule has 1 aliphatic heterocycles. The maximum absolute atomic E-state index is 6.02. The molecule has 1 saturated heterocycles. The van der Waals surface area contributed by atoms with Crippen LogP contribution in [0.5, 0.6) is 0 Å². The topological polar surface area (TPSA) is 16.1 Å². The van der Waals surface area contributed by atoms with Crippen LogP contribution in [0.4, 0.5) is 5.82 Å². The molecule has 1 aliphatic rings. The standard InChI is InChI=1S/C16H19ClN2/c1-12-9-14-6-2-3-7-15(14)18-16(12)19-8-4-5-13(10-17)11-19/h2-3,6-7,9,13H,4-5,8,10-11H2,1H3. The average Bonchev–Trinajstić information content (AvgIpc) is 2.46. The number of alkyl halides is 1. The molecule has 100 valence electrons. The zero-order valence-electron chi connectivity index (χ0n) is 11.3. The SMILES string of the molecule is Cc1cc2ccccc2nc1N1CCCC(CCl)C1. The number of hydrogen-bond donors (Lipinski definition) is 0. The molecule has 3 rings (SSSR count). The molecule has 0 N–H and O–H groups in total. The molecule has 1 aromatic carbocycles. The molecule has 0 saturated carbocycles. The number of halogens is 1. The van der Waals surface area contributed by atoms with Gasteiger partial charge < -0.3 is 4.90 Å². The van der Waals surface area contributed by atoms with E-state index in [9.17, 15) is 0 Å². The summed E-state index contributed by atoms with van der Waals surface area (Å²) in [6, 6.07) is 10.6. The van der Waals surface area contributed by atoms with E-state index in [4.69, 9.17) is 16.6 Å². The molecule has 0 bridgehead atoms. The lowest BCUT2D eigenvalue weighted by Gasteiger charge is -2.33. The maximum Gasteiger partial charge on any atom is 0.132 e. The predicted octanol–water partition coefficient (Wildman–Crippen LogP) is 4.00. The lowest BCUT2D eigenvalue weighted by molar-refractivity contribution is 0.448. The van der Waals surface area contributed by atoms with Gasteiger partial charge in [0.25, 0.3) is 0 Å². The fourth-order valence-electron chi connectivity index (χ4n) is 2.91. The molecule has 0 aliphatic carbocycles. The summed E-state index contributed by atoms with van der Waals surface area (Å²) in [6.07, 6.45) is 2.46. The number of hydrogen-bond acceptors (Lipinski definition) is 2. The van der Waals surface area contributed by atoms with Gasteiger partial charge in [-0.25, -0.2) is 4.98 Å². The number of nitrogens with zero attached hydrogens (tertiary/aromatic N) is 2. The molecule has 1 fully saturated rings. The van der Waals surface area contributed by atoms with E-state index in [1.54, 1.807) is 0 Å². The molecule has 3 heteroatoms. The third-order valence-electron chi connectivity index (χ3n) is 3.92. The number of fused-ring (bicyclic) bond motifs is 1. The fraction of sp³-hybridized carbons (Fsp3) is 0.438. The first-order chi connectivity index (χ1) is 9.28. The Kier molecular flexibility index (Phi) is 3.61. The van der Waals surface area contributed by atoms with Gasteiger partial charge >= 0.3 is 0 Å². The molecule has 1 atom stereocenters. The van der Waals surface area contributed by atoms with Gasteiger partial charge in [0.2, 0.25) is 0 Å². The molecule has 2 nitrogen and oxygen atoms in total. The first kappa shape index (κ1) is 12.7. The number of para-hydroxylation sites is 1. The second kappa shape index (κ2) is 5.38. The van der Waals surface area contributed by atoms with Crippen LogP contribution in [0, 0.1) is 12.8 Å². The zero-order valence-corrected chi connectivity index (χ0v) is 12.0. The van der Waals surface area contributed by atoms with E-state index in [0.717, 1.165) is 30.3 Å². The second-order valence-corrected chi connectivity index (χ2v) is 5.74. The van der Waals surface area contributed by atoms with Crippen molar-refractivity contribution in [2.24, 2.45) is 5.92 Å². The first-order valence-corrected chi connectivity index (χ1v) is 7.48. The van der Waals surface area contributed by atoms with E-state index in [1.807, 2.05) is 6.07 Å². The Bertz CT molecular complexity index is 582. The highest BCUT2D eigenvalue weighted by Gasteiger charge is 2.21. The van der Waals surface area contributed by atoms with Crippen molar-refractivity contribution in [2.75, 3.05) is 23.9 Å². The van der Waals surface area contributed by atoms with Crippen molar-refractivity contribution in [1.29, 1.82) is 0 Å². The Balaban J connectivity index is 1.97. The minimum Gasteiger partial charge on any atom is -0.356 e. The Morgan fingerprint density at radius 3 is 3.05 bits per heavy atom. The van der Waals surface area contributed by atoms with E-state index in [2.05, 4.69) is 36.1 Å². The van der Waals surface area contributed by atoms with Gasteiger partial charge in [0.05, 0.1) is 5.52 Å². The molecule has 0 amide bonds. The van der Waals surface area contributed by atoms with Gasteiger partial charge in [0, 0.05) is 24.4 Å². The third kappa shape index (κ3) is 2.55. The van der Waals surface area contributed by atoms with Gasteiger partial charge in [-0.15, -0.1) is 11.6 Å². The lowest BCUT2D eigenvalue weighted by atomic mass is 9.99. The smallest absolute Gasteiger partial charge is 0.132 e. The van der Waals surface area contributed by atoms with Crippen molar-refractivity contribution in [2.45, 2.75) is 19.8 Å². The fourth-order valence-corrected chi connectivity index (χ4v) is 3.17.